The van der Waals surface area contributed by atoms with Gasteiger partial charge in [0.15, 0.2) is 5.13 Å². The van der Waals surface area contributed by atoms with Crippen LogP contribution < -0.4 is 4.90 Å². The molecule has 5 rings (SSSR count). The monoisotopic (exact) mass is 394 g/mol. The van der Waals surface area contributed by atoms with Gasteiger partial charge in [-0.1, -0.05) is 53.8 Å². The minimum atomic E-state index is -0.588. The van der Waals surface area contributed by atoms with Gasteiger partial charge in [0.1, 0.15) is 6.10 Å². The summed E-state index contributed by atoms with van der Waals surface area (Å²) in [6.07, 6.45) is 1.26. The number of thiazole rings is 1. The van der Waals surface area contributed by atoms with Crippen LogP contribution in [-0.2, 0) is 19.7 Å². The van der Waals surface area contributed by atoms with Crippen molar-refractivity contribution < 1.29 is 14.3 Å². The molecule has 2 aliphatic heterocycles. The highest BCUT2D eigenvalue weighted by molar-refractivity contribution is 7.22. The highest BCUT2D eigenvalue weighted by atomic mass is 32.1. The normalized spacial score (nSPS) is 19.4. The number of rotatable bonds is 4. The minimum Gasteiger partial charge on any atom is -0.458 e. The Bertz CT molecular complexity index is 943. The molecular weight excluding hydrogens is 372 g/mol. The van der Waals surface area contributed by atoms with Crippen LogP contribution in [0.25, 0.3) is 10.2 Å². The second kappa shape index (κ2) is 7.18. The molecular formula is C22H22N2O3S. The molecule has 6 heteroatoms. The number of ether oxygens (including phenoxy) is 2. The maximum Gasteiger partial charge on any atom is 0.317 e. The van der Waals surface area contributed by atoms with Gasteiger partial charge in [0.2, 0.25) is 0 Å². The van der Waals surface area contributed by atoms with Crippen LogP contribution in [0, 0.1) is 0 Å². The first-order chi connectivity index (χ1) is 13.7. The number of nitrogens with zero attached hydrogens (tertiary/aromatic N) is 2. The van der Waals surface area contributed by atoms with E-state index in [4.69, 9.17) is 9.47 Å². The Morgan fingerprint density at radius 3 is 2.54 bits per heavy atom. The molecule has 1 aromatic heterocycles. The predicted molar refractivity (Wildman–Crippen MR) is 110 cm³/mol. The van der Waals surface area contributed by atoms with E-state index < -0.39 is 5.41 Å². The van der Waals surface area contributed by atoms with Gasteiger partial charge in [-0.25, -0.2) is 4.98 Å². The summed E-state index contributed by atoms with van der Waals surface area (Å²) in [5, 5.41) is 0.998. The molecule has 0 radical (unpaired) electrons. The van der Waals surface area contributed by atoms with E-state index in [2.05, 4.69) is 16.0 Å². The fourth-order valence-electron chi connectivity index (χ4n) is 4.02. The highest BCUT2D eigenvalue weighted by Gasteiger charge is 2.45. The third kappa shape index (κ3) is 3.06. The highest BCUT2D eigenvalue weighted by Crippen LogP contribution is 2.38. The summed E-state index contributed by atoms with van der Waals surface area (Å²) >= 11 is 1.68. The number of hydrogen-bond acceptors (Lipinski definition) is 6. The molecule has 3 heterocycles. The summed E-state index contributed by atoms with van der Waals surface area (Å²) in [7, 11) is 0. The molecule has 2 saturated heterocycles. The van der Waals surface area contributed by atoms with E-state index in [-0.39, 0.29) is 12.1 Å². The number of anilines is 1. The predicted octanol–water partition coefficient (Wildman–Crippen LogP) is 3.78. The van der Waals surface area contributed by atoms with Gasteiger partial charge in [-0.15, -0.1) is 0 Å². The standard InChI is InChI=1S/C22H22N2O3S/c25-20(22(10-12-26-13-11-22)16-6-2-1-3-7-16)27-17-14-24(15-17)21-23-18-8-4-5-9-19(18)28-21/h1-9,17H,10-15H2. The van der Waals surface area contributed by atoms with Crippen molar-refractivity contribution in [1.82, 2.24) is 4.98 Å². The summed E-state index contributed by atoms with van der Waals surface area (Å²) in [6, 6.07) is 18.1. The molecule has 0 spiro atoms. The van der Waals surface area contributed by atoms with Crippen LogP contribution in [0.5, 0.6) is 0 Å². The summed E-state index contributed by atoms with van der Waals surface area (Å²) in [5.41, 5.74) is 1.47. The fraction of sp³-hybridized carbons (Fsp3) is 0.364. The summed E-state index contributed by atoms with van der Waals surface area (Å²) in [6.45, 7) is 2.58. The lowest BCUT2D eigenvalue weighted by Gasteiger charge is -2.42. The lowest BCUT2D eigenvalue weighted by atomic mass is 9.74. The molecule has 0 N–H and O–H groups in total. The Morgan fingerprint density at radius 2 is 1.79 bits per heavy atom. The molecule has 28 heavy (non-hydrogen) atoms. The molecule has 0 aliphatic carbocycles. The fourth-order valence-corrected chi connectivity index (χ4v) is 5.00. The van der Waals surface area contributed by atoms with Crippen molar-refractivity contribution in [2.45, 2.75) is 24.4 Å². The van der Waals surface area contributed by atoms with Crippen molar-refractivity contribution in [2.24, 2.45) is 0 Å². The first-order valence-electron chi connectivity index (χ1n) is 9.69. The van der Waals surface area contributed by atoms with Crippen LogP contribution in [0.1, 0.15) is 18.4 Å². The smallest absolute Gasteiger partial charge is 0.317 e. The zero-order valence-corrected chi connectivity index (χ0v) is 16.4. The number of hydrogen-bond donors (Lipinski definition) is 0. The molecule has 144 valence electrons. The lowest BCUT2D eigenvalue weighted by molar-refractivity contribution is -0.161. The van der Waals surface area contributed by atoms with Crippen molar-refractivity contribution in [3.8, 4) is 0 Å². The zero-order valence-electron chi connectivity index (χ0n) is 15.5. The van der Waals surface area contributed by atoms with E-state index in [0.29, 0.717) is 39.1 Å². The van der Waals surface area contributed by atoms with Gasteiger partial charge in [-0.05, 0) is 30.5 Å². The molecule has 5 nitrogen and oxygen atoms in total. The molecule has 3 aromatic rings. The van der Waals surface area contributed by atoms with Crippen molar-refractivity contribution in [3.63, 3.8) is 0 Å². The maximum absolute atomic E-state index is 13.2. The maximum atomic E-state index is 13.2. The van der Waals surface area contributed by atoms with E-state index in [1.54, 1.807) is 11.3 Å². The Morgan fingerprint density at radius 1 is 1.07 bits per heavy atom. The molecule has 0 bridgehead atoms. The number of carbonyl (C=O) groups excluding carboxylic acids is 1. The number of para-hydroxylation sites is 1. The second-order valence-corrected chi connectivity index (χ2v) is 8.47. The third-order valence-corrected chi connectivity index (χ3v) is 6.84. The average Bonchev–Trinajstić information content (AvgIpc) is 3.15. The number of carbonyl (C=O) groups is 1. The molecule has 0 amide bonds. The Hall–Kier alpha value is -2.44. The molecule has 0 atom stereocenters. The molecule has 2 fully saturated rings. The van der Waals surface area contributed by atoms with Gasteiger partial charge >= 0.3 is 5.97 Å². The van der Waals surface area contributed by atoms with Crippen LogP contribution in [0.4, 0.5) is 5.13 Å². The minimum absolute atomic E-state index is 0.0806. The summed E-state index contributed by atoms with van der Waals surface area (Å²) in [4.78, 5) is 20.1. The van der Waals surface area contributed by atoms with Gasteiger partial charge < -0.3 is 14.4 Å². The SMILES string of the molecule is O=C(OC1CN(c2nc3ccccc3s2)C1)C1(c2ccccc2)CCOCC1. The number of esters is 1. The average molecular weight is 394 g/mol. The van der Waals surface area contributed by atoms with Gasteiger partial charge in [0.05, 0.1) is 28.7 Å². The third-order valence-electron chi connectivity index (χ3n) is 5.74. The first kappa shape index (κ1) is 17.6. The molecule has 0 unspecified atom stereocenters. The lowest BCUT2D eigenvalue weighted by Crippen LogP contribution is -2.55. The Kier molecular flexibility index (Phi) is 4.53. The van der Waals surface area contributed by atoms with Crippen LogP contribution in [0.2, 0.25) is 0 Å². The molecule has 2 aromatic carbocycles. The van der Waals surface area contributed by atoms with Crippen LogP contribution in [0.3, 0.4) is 0 Å². The van der Waals surface area contributed by atoms with E-state index in [1.165, 1.54) is 4.70 Å². The second-order valence-electron chi connectivity index (χ2n) is 7.46. The molecule has 0 saturated carbocycles. The van der Waals surface area contributed by atoms with E-state index in [0.717, 1.165) is 16.2 Å². The van der Waals surface area contributed by atoms with Crippen molar-refractivity contribution in [1.29, 1.82) is 0 Å². The van der Waals surface area contributed by atoms with E-state index in [9.17, 15) is 4.79 Å². The number of fused-ring (bicyclic) bond motifs is 1. The summed E-state index contributed by atoms with van der Waals surface area (Å²) < 4.78 is 12.7. The quantitative estimate of drug-likeness (QED) is 0.631. The van der Waals surface area contributed by atoms with Gasteiger partial charge in [-0.2, -0.15) is 0 Å². The number of aromatic nitrogens is 1. The largest absolute Gasteiger partial charge is 0.458 e. The Labute approximate surface area is 167 Å². The van der Waals surface area contributed by atoms with Crippen LogP contribution >= 0.6 is 11.3 Å². The van der Waals surface area contributed by atoms with Gasteiger partial charge in [-0.3, -0.25) is 4.79 Å². The zero-order chi connectivity index (χ0) is 19.0. The topological polar surface area (TPSA) is 51.7 Å². The first-order valence-corrected chi connectivity index (χ1v) is 10.5. The van der Waals surface area contributed by atoms with Gasteiger partial charge in [0, 0.05) is 13.2 Å². The van der Waals surface area contributed by atoms with Crippen molar-refractivity contribution in [2.75, 3.05) is 31.2 Å². The van der Waals surface area contributed by atoms with E-state index >= 15 is 0 Å². The number of benzene rings is 2. The van der Waals surface area contributed by atoms with Crippen molar-refractivity contribution >= 4 is 32.7 Å². The van der Waals surface area contributed by atoms with Gasteiger partial charge in [0.25, 0.3) is 0 Å². The van der Waals surface area contributed by atoms with Crippen LogP contribution in [-0.4, -0.2) is 43.4 Å². The van der Waals surface area contributed by atoms with Crippen LogP contribution in [0.15, 0.2) is 54.6 Å². The summed E-state index contributed by atoms with van der Waals surface area (Å²) in [5.74, 6) is -0.115. The Balaban J connectivity index is 1.28. The molecule has 2 aliphatic rings. The van der Waals surface area contributed by atoms with Crippen molar-refractivity contribution in [3.05, 3.63) is 60.2 Å². The van der Waals surface area contributed by atoms with E-state index in [1.807, 2.05) is 48.5 Å².